The van der Waals surface area contributed by atoms with Gasteiger partial charge in [0, 0.05) is 16.3 Å². The Labute approximate surface area is 127 Å². The van der Waals surface area contributed by atoms with Gasteiger partial charge in [-0.3, -0.25) is 0 Å². The van der Waals surface area contributed by atoms with Crippen LogP contribution in [0, 0.1) is 0 Å². The van der Waals surface area contributed by atoms with Crippen molar-refractivity contribution in [2.45, 2.75) is 12.8 Å². The molecule has 0 atom stereocenters. The van der Waals surface area contributed by atoms with E-state index in [2.05, 4.69) is 18.0 Å². The Bertz CT molecular complexity index is 726. The predicted octanol–water partition coefficient (Wildman–Crippen LogP) is 4.76. The Morgan fingerprint density at radius 2 is 1.90 bits per heavy atom. The lowest BCUT2D eigenvalue weighted by Gasteiger charge is -2.18. The van der Waals surface area contributed by atoms with Crippen molar-refractivity contribution in [2.24, 2.45) is 0 Å². The molecule has 0 saturated carbocycles. The zero-order chi connectivity index (χ0) is 14.8. The second-order valence-corrected chi connectivity index (χ2v) is 6.00. The summed E-state index contributed by atoms with van der Waals surface area (Å²) in [5.74, 6) is -0.880. The van der Waals surface area contributed by atoms with Crippen LogP contribution in [0.4, 0.5) is 5.69 Å². The molecule has 3 nitrogen and oxygen atoms in total. The van der Waals surface area contributed by atoms with Crippen LogP contribution in [0.3, 0.4) is 0 Å². The third kappa shape index (κ3) is 2.90. The average Bonchev–Trinajstić information content (AvgIpc) is 2.87. The Kier molecular flexibility index (Phi) is 3.62. The van der Waals surface area contributed by atoms with Gasteiger partial charge in [-0.25, -0.2) is 4.79 Å². The minimum absolute atomic E-state index is 0.359. The zero-order valence-electron chi connectivity index (χ0n) is 11.4. The van der Waals surface area contributed by atoms with E-state index in [0.29, 0.717) is 4.88 Å². The molecule has 1 aliphatic rings. The highest BCUT2D eigenvalue weighted by Gasteiger charge is 2.10. The monoisotopic (exact) mass is 297 g/mol. The number of benzene rings is 1. The second kappa shape index (κ2) is 5.58. The normalized spacial score (nSPS) is 13.2. The van der Waals surface area contributed by atoms with Gasteiger partial charge in [-0.2, -0.15) is 0 Å². The number of thiophene rings is 1. The molecule has 0 spiro atoms. The van der Waals surface area contributed by atoms with Crippen molar-refractivity contribution in [3.05, 3.63) is 65.2 Å². The molecule has 1 heterocycles. The van der Waals surface area contributed by atoms with Gasteiger partial charge in [-0.05, 0) is 48.2 Å². The van der Waals surface area contributed by atoms with Crippen molar-refractivity contribution in [3.8, 4) is 10.4 Å². The number of rotatable bonds is 5. The second-order valence-electron chi connectivity index (χ2n) is 4.92. The van der Waals surface area contributed by atoms with E-state index in [1.807, 2.05) is 30.3 Å². The molecule has 2 aromatic rings. The van der Waals surface area contributed by atoms with Gasteiger partial charge in [0.05, 0.1) is 0 Å². The summed E-state index contributed by atoms with van der Waals surface area (Å²) in [6, 6.07) is 11.4. The Balaban J connectivity index is 1.73. The largest absolute Gasteiger partial charge is 0.477 e. The minimum atomic E-state index is -0.880. The molecule has 0 bridgehead atoms. The first-order chi connectivity index (χ1) is 10.1. The molecule has 0 radical (unpaired) electrons. The molecule has 106 valence electrons. The maximum absolute atomic E-state index is 10.9. The maximum Gasteiger partial charge on any atom is 0.345 e. The first-order valence-electron chi connectivity index (χ1n) is 6.72. The fourth-order valence-electron chi connectivity index (χ4n) is 2.14. The summed E-state index contributed by atoms with van der Waals surface area (Å²) >= 11 is 1.28. The molecule has 0 saturated heterocycles. The van der Waals surface area contributed by atoms with E-state index in [4.69, 9.17) is 5.11 Å². The van der Waals surface area contributed by atoms with E-state index in [0.717, 1.165) is 34.7 Å². The highest BCUT2D eigenvalue weighted by molar-refractivity contribution is 7.17. The molecule has 1 aromatic carbocycles. The molecule has 4 heteroatoms. The van der Waals surface area contributed by atoms with Crippen LogP contribution in [0.15, 0.2) is 60.3 Å². The van der Waals surface area contributed by atoms with Gasteiger partial charge in [0.15, 0.2) is 0 Å². The van der Waals surface area contributed by atoms with E-state index >= 15 is 0 Å². The molecule has 0 unspecified atom stereocenters. The third-order valence-electron chi connectivity index (χ3n) is 3.47. The minimum Gasteiger partial charge on any atom is -0.477 e. The number of allylic oxidation sites excluding steroid dienone is 2. The third-order valence-corrected chi connectivity index (χ3v) is 4.60. The molecule has 21 heavy (non-hydrogen) atoms. The quantitative estimate of drug-likeness (QED) is 0.836. The first kappa shape index (κ1) is 13.6. The van der Waals surface area contributed by atoms with Crippen molar-refractivity contribution < 1.29 is 9.90 Å². The lowest BCUT2D eigenvalue weighted by molar-refractivity contribution is 0.0702. The average molecular weight is 297 g/mol. The smallest absolute Gasteiger partial charge is 0.345 e. The summed E-state index contributed by atoms with van der Waals surface area (Å²) in [5, 5.41) is 12.2. The number of carbonyl (C=O) groups is 1. The zero-order valence-corrected chi connectivity index (χ0v) is 12.2. The molecule has 1 aliphatic carbocycles. The molecule has 0 fully saturated rings. The fourth-order valence-corrected chi connectivity index (χ4v) is 2.99. The van der Waals surface area contributed by atoms with Crippen molar-refractivity contribution >= 4 is 23.0 Å². The molecular weight excluding hydrogens is 282 g/mol. The van der Waals surface area contributed by atoms with Gasteiger partial charge in [0.1, 0.15) is 4.88 Å². The molecule has 0 aliphatic heterocycles. The Morgan fingerprint density at radius 3 is 2.43 bits per heavy atom. The molecule has 0 amide bonds. The SMILES string of the molecule is C=C(Nc1ccc(-c2ccc(C(=O)O)s2)cc1)C1=CCC1. The summed E-state index contributed by atoms with van der Waals surface area (Å²) in [5.41, 5.74) is 4.25. The van der Waals surface area contributed by atoms with Crippen LogP contribution >= 0.6 is 11.3 Å². The van der Waals surface area contributed by atoms with E-state index in [-0.39, 0.29) is 0 Å². The highest BCUT2D eigenvalue weighted by atomic mass is 32.1. The van der Waals surface area contributed by atoms with E-state index in [9.17, 15) is 4.79 Å². The summed E-state index contributed by atoms with van der Waals surface area (Å²) < 4.78 is 0. The van der Waals surface area contributed by atoms with E-state index < -0.39 is 5.97 Å². The summed E-state index contributed by atoms with van der Waals surface area (Å²) in [6.45, 7) is 4.03. The number of carboxylic acids is 1. The van der Waals surface area contributed by atoms with E-state index in [1.165, 1.54) is 16.9 Å². The van der Waals surface area contributed by atoms with Gasteiger partial charge in [-0.15, -0.1) is 11.3 Å². The Hall–Kier alpha value is -2.33. The summed E-state index contributed by atoms with van der Waals surface area (Å²) in [4.78, 5) is 12.2. The van der Waals surface area contributed by atoms with Crippen LogP contribution in [-0.4, -0.2) is 11.1 Å². The lowest BCUT2D eigenvalue weighted by atomic mass is 9.96. The van der Waals surface area contributed by atoms with E-state index in [1.54, 1.807) is 6.07 Å². The standard InChI is InChI=1S/C17H15NO2S/c1-11(12-3-2-4-12)18-14-7-5-13(6-8-14)15-9-10-16(21-15)17(19)20/h3,5-10,18H,1-2,4H2,(H,19,20). The number of nitrogens with one attached hydrogen (secondary N) is 1. The van der Waals surface area contributed by atoms with Crippen molar-refractivity contribution in [1.82, 2.24) is 0 Å². The maximum atomic E-state index is 10.9. The number of anilines is 1. The van der Waals surface area contributed by atoms with Crippen LogP contribution in [0.25, 0.3) is 10.4 Å². The van der Waals surface area contributed by atoms with Crippen LogP contribution in [0.2, 0.25) is 0 Å². The van der Waals surface area contributed by atoms with Gasteiger partial charge < -0.3 is 10.4 Å². The first-order valence-corrected chi connectivity index (χ1v) is 7.54. The Morgan fingerprint density at radius 1 is 1.19 bits per heavy atom. The fraction of sp³-hybridized carbons (Fsp3) is 0.118. The lowest BCUT2D eigenvalue weighted by Crippen LogP contribution is -2.05. The highest BCUT2D eigenvalue weighted by Crippen LogP contribution is 2.30. The molecule has 1 aromatic heterocycles. The van der Waals surface area contributed by atoms with Gasteiger partial charge in [0.25, 0.3) is 0 Å². The van der Waals surface area contributed by atoms with Crippen LogP contribution in [0.1, 0.15) is 22.5 Å². The van der Waals surface area contributed by atoms with Gasteiger partial charge in [0.2, 0.25) is 0 Å². The van der Waals surface area contributed by atoms with Crippen molar-refractivity contribution in [3.63, 3.8) is 0 Å². The van der Waals surface area contributed by atoms with Crippen LogP contribution in [-0.2, 0) is 0 Å². The molecule has 2 N–H and O–H groups in total. The number of hydrogen-bond donors (Lipinski definition) is 2. The molecular formula is C17H15NO2S. The van der Waals surface area contributed by atoms with Crippen LogP contribution in [0.5, 0.6) is 0 Å². The van der Waals surface area contributed by atoms with Gasteiger partial charge >= 0.3 is 5.97 Å². The summed E-state index contributed by atoms with van der Waals surface area (Å²) in [7, 11) is 0. The number of carboxylic acid groups (broad SMARTS) is 1. The van der Waals surface area contributed by atoms with Crippen molar-refractivity contribution in [1.29, 1.82) is 0 Å². The topological polar surface area (TPSA) is 49.3 Å². The predicted molar refractivity (Wildman–Crippen MR) is 86.8 cm³/mol. The van der Waals surface area contributed by atoms with Gasteiger partial charge in [-0.1, -0.05) is 24.8 Å². The van der Waals surface area contributed by atoms with Crippen LogP contribution < -0.4 is 5.32 Å². The number of aromatic carboxylic acids is 1. The van der Waals surface area contributed by atoms with Crippen molar-refractivity contribution in [2.75, 3.05) is 5.32 Å². The molecule has 3 rings (SSSR count). The number of hydrogen-bond acceptors (Lipinski definition) is 3. The summed E-state index contributed by atoms with van der Waals surface area (Å²) in [6.07, 6.45) is 4.42.